The van der Waals surface area contributed by atoms with Crippen molar-refractivity contribution < 1.29 is 13.3 Å². The Kier molecular flexibility index (Phi) is 3.35. The van der Waals surface area contributed by atoms with Gasteiger partial charge in [-0.2, -0.15) is 4.98 Å². The maximum absolute atomic E-state index is 13.6. The molecule has 1 heterocycles. The quantitative estimate of drug-likeness (QED) is 0.751. The van der Waals surface area contributed by atoms with Gasteiger partial charge in [-0.15, -0.1) is 0 Å². The largest absolute Gasteiger partial charge is 0.399 e. The first-order valence-electron chi connectivity index (χ1n) is 6.25. The van der Waals surface area contributed by atoms with E-state index in [1.165, 1.54) is 12.1 Å². The zero-order chi connectivity index (χ0) is 14.8. The Morgan fingerprint density at radius 1 is 1.10 bits per heavy atom. The molecule has 3 aromatic rings. The minimum absolute atomic E-state index is 0.0267. The van der Waals surface area contributed by atoms with Crippen molar-refractivity contribution in [1.82, 2.24) is 10.1 Å². The van der Waals surface area contributed by atoms with Crippen LogP contribution in [0.2, 0.25) is 0 Å². The van der Waals surface area contributed by atoms with Gasteiger partial charge in [0, 0.05) is 16.8 Å². The first-order valence-corrected chi connectivity index (χ1v) is 6.25. The van der Waals surface area contributed by atoms with Crippen LogP contribution in [0.1, 0.15) is 11.5 Å². The molecular formula is C15H11F2N3O. The van der Waals surface area contributed by atoms with Gasteiger partial charge in [0.05, 0.1) is 6.42 Å². The van der Waals surface area contributed by atoms with Crippen molar-refractivity contribution in [3.8, 4) is 11.4 Å². The number of rotatable bonds is 3. The van der Waals surface area contributed by atoms with Gasteiger partial charge in [-0.05, 0) is 18.2 Å². The van der Waals surface area contributed by atoms with Crippen molar-refractivity contribution >= 4 is 5.69 Å². The molecule has 0 aliphatic carbocycles. The summed E-state index contributed by atoms with van der Waals surface area (Å²) < 4.78 is 31.8. The van der Waals surface area contributed by atoms with Crippen LogP contribution in [0, 0.1) is 11.6 Å². The van der Waals surface area contributed by atoms with Crippen molar-refractivity contribution in [2.45, 2.75) is 6.42 Å². The van der Waals surface area contributed by atoms with Crippen molar-refractivity contribution in [3.63, 3.8) is 0 Å². The maximum atomic E-state index is 13.6. The van der Waals surface area contributed by atoms with E-state index in [1.807, 2.05) is 0 Å². The van der Waals surface area contributed by atoms with E-state index in [1.54, 1.807) is 24.3 Å². The van der Waals surface area contributed by atoms with Crippen molar-refractivity contribution in [2.75, 3.05) is 5.73 Å². The molecule has 0 saturated carbocycles. The number of nitrogens with zero attached hydrogens (tertiary/aromatic N) is 2. The molecule has 2 aromatic carbocycles. The predicted octanol–water partition coefficient (Wildman–Crippen LogP) is 3.19. The first kappa shape index (κ1) is 13.2. The molecule has 0 saturated heterocycles. The van der Waals surface area contributed by atoms with Crippen molar-refractivity contribution in [1.29, 1.82) is 0 Å². The van der Waals surface area contributed by atoms with Gasteiger partial charge in [0.1, 0.15) is 0 Å². The van der Waals surface area contributed by atoms with Crippen LogP contribution in [0.15, 0.2) is 47.0 Å². The normalized spacial score (nSPS) is 10.8. The molecule has 0 spiro atoms. The van der Waals surface area contributed by atoms with E-state index in [-0.39, 0.29) is 17.9 Å². The average Bonchev–Trinajstić information content (AvgIpc) is 2.93. The average molecular weight is 287 g/mol. The van der Waals surface area contributed by atoms with Crippen molar-refractivity contribution in [3.05, 3.63) is 65.6 Å². The van der Waals surface area contributed by atoms with Crippen LogP contribution in [0.25, 0.3) is 11.4 Å². The summed E-state index contributed by atoms with van der Waals surface area (Å²) in [4.78, 5) is 4.17. The van der Waals surface area contributed by atoms with E-state index in [9.17, 15) is 8.78 Å². The van der Waals surface area contributed by atoms with Gasteiger partial charge in [0.25, 0.3) is 0 Å². The van der Waals surface area contributed by atoms with Gasteiger partial charge in [0.15, 0.2) is 11.6 Å². The minimum Gasteiger partial charge on any atom is -0.399 e. The summed E-state index contributed by atoms with van der Waals surface area (Å²) in [7, 11) is 0. The lowest BCUT2D eigenvalue weighted by atomic mass is 10.1. The lowest BCUT2D eigenvalue weighted by Crippen LogP contribution is -1.96. The van der Waals surface area contributed by atoms with Crippen LogP contribution in [0.4, 0.5) is 14.5 Å². The number of benzene rings is 2. The SMILES string of the molecule is Nc1cccc(-c2noc(Cc3cccc(F)c3F)n2)c1. The van der Waals surface area contributed by atoms with Crippen LogP contribution in [0.5, 0.6) is 0 Å². The smallest absolute Gasteiger partial charge is 0.231 e. The van der Waals surface area contributed by atoms with Crippen LogP contribution < -0.4 is 5.73 Å². The summed E-state index contributed by atoms with van der Waals surface area (Å²) in [6.07, 6.45) is 0.0267. The standard InChI is InChI=1S/C15H11F2N3O/c16-12-6-2-3-9(14(12)17)8-13-19-15(20-21-13)10-4-1-5-11(18)7-10/h1-7H,8,18H2. The fraction of sp³-hybridized carbons (Fsp3) is 0.0667. The molecule has 3 rings (SSSR count). The highest BCUT2D eigenvalue weighted by molar-refractivity contribution is 5.60. The van der Waals surface area contributed by atoms with Crippen LogP contribution in [-0.2, 0) is 6.42 Å². The third kappa shape index (κ3) is 2.74. The van der Waals surface area contributed by atoms with Crippen LogP contribution in [-0.4, -0.2) is 10.1 Å². The number of hydrogen-bond acceptors (Lipinski definition) is 4. The third-order valence-electron chi connectivity index (χ3n) is 2.99. The molecule has 0 unspecified atom stereocenters. The maximum Gasteiger partial charge on any atom is 0.231 e. The molecule has 0 amide bonds. The molecule has 4 nitrogen and oxygen atoms in total. The van der Waals surface area contributed by atoms with Gasteiger partial charge in [-0.3, -0.25) is 0 Å². The molecule has 0 bridgehead atoms. The highest BCUT2D eigenvalue weighted by atomic mass is 19.2. The Morgan fingerprint density at radius 3 is 2.71 bits per heavy atom. The zero-order valence-corrected chi connectivity index (χ0v) is 10.9. The number of nitrogens with two attached hydrogens (primary N) is 1. The summed E-state index contributed by atoms with van der Waals surface area (Å²) in [5.41, 5.74) is 7.13. The number of aromatic nitrogens is 2. The lowest BCUT2D eigenvalue weighted by Gasteiger charge is -1.99. The van der Waals surface area contributed by atoms with Gasteiger partial charge in [0.2, 0.25) is 11.7 Å². The first-order chi connectivity index (χ1) is 10.1. The van der Waals surface area contributed by atoms with E-state index in [0.29, 0.717) is 17.1 Å². The Bertz CT molecular complexity index is 786. The Balaban J connectivity index is 1.87. The monoisotopic (exact) mass is 287 g/mol. The van der Waals surface area contributed by atoms with E-state index >= 15 is 0 Å². The predicted molar refractivity (Wildman–Crippen MR) is 73.3 cm³/mol. The summed E-state index contributed by atoms with van der Waals surface area (Å²) in [6.45, 7) is 0. The van der Waals surface area contributed by atoms with Gasteiger partial charge in [-0.25, -0.2) is 8.78 Å². The summed E-state index contributed by atoms with van der Waals surface area (Å²) in [6, 6.07) is 11.0. The number of halogens is 2. The molecule has 0 fully saturated rings. The molecule has 1 aromatic heterocycles. The zero-order valence-electron chi connectivity index (χ0n) is 10.9. The molecule has 106 valence electrons. The van der Waals surface area contributed by atoms with Crippen molar-refractivity contribution in [2.24, 2.45) is 0 Å². The van der Waals surface area contributed by atoms with E-state index in [0.717, 1.165) is 6.07 Å². The number of anilines is 1. The Morgan fingerprint density at radius 2 is 1.90 bits per heavy atom. The topological polar surface area (TPSA) is 64.9 Å². The second-order valence-corrected chi connectivity index (χ2v) is 4.53. The summed E-state index contributed by atoms with van der Waals surface area (Å²) >= 11 is 0. The van der Waals surface area contributed by atoms with Crippen LogP contribution in [0.3, 0.4) is 0 Å². The van der Waals surface area contributed by atoms with E-state index in [4.69, 9.17) is 10.3 Å². The molecule has 21 heavy (non-hydrogen) atoms. The Labute approximate surface area is 119 Å². The van der Waals surface area contributed by atoms with Crippen LogP contribution >= 0.6 is 0 Å². The molecule has 2 N–H and O–H groups in total. The lowest BCUT2D eigenvalue weighted by molar-refractivity contribution is 0.383. The Hall–Kier alpha value is -2.76. The molecule has 6 heteroatoms. The van der Waals surface area contributed by atoms with E-state index < -0.39 is 11.6 Å². The molecule has 0 atom stereocenters. The van der Waals surface area contributed by atoms with Gasteiger partial charge >= 0.3 is 0 Å². The molecule has 0 radical (unpaired) electrons. The highest BCUT2D eigenvalue weighted by Crippen LogP contribution is 2.20. The fourth-order valence-electron chi connectivity index (χ4n) is 1.97. The molecular weight excluding hydrogens is 276 g/mol. The summed E-state index contributed by atoms with van der Waals surface area (Å²) in [5.74, 6) is -1.24. The van der Waals surface area contributed by atoms with E-state index in [2.05, 4.69) is 10.1 Å². The fourth-order valence-corrected chi connectivity index (χ4v) is 1.97. The second-order valence-electron chi connectivity index (χ2n) is 4.53. The molecule has 0 aliphatic rings. The third-order valence-corrected chi connectivity index (χ3v) is 2.99. The second kappa shape index (κ2) is 5.32. The minimum atomic E-state index is -0.902. The molecule has 0 aliphatic heterocycles. The number of hydrogen-bond donors (Lipinski definition) is 1. The number of nitrogen functional groups attached to an aromatic ring is 1. The summed E-state index contributed by atoms with van der Waals surface area (Å²) in [5, 5.41) is 3.82. The van der Waals surface area contributed by atoms with Gasteiger partial charge < -0.3 is 10.3 Å². The highest BCUT2D eigenvalue weighted by Gasteiger charge is 2.13. The van der Waals surface area contributed by atoms with Gasteiger partial charge in [-0.1, -0.05) is 29.4 Å².